The van der Waals surface area contributed by atoms with Gasteiger partial charge in [-0.1, -0.05) is 0 Å². The SMILES string of the molecule is CN(C)CCN(C)CCN(C)CCN(C)CCN(C)CCOCCOCCOCCOCCOCCOCCOCCOCCOCCOCCOCCOCCOCCOCCO. The largest absolute Gasteiger partial charge is 0.394 e. The first-order valence-corrected chi connectivity index (χ1v) is 23.4. The number of likely N-dealkylation sites (N-methyl/N-ethyl adjacent to an activating group) is 5. The molecule has 0 aromatic carbocycles. The van der Waals surface area contributed by atoms with E-state index in [2.05, 4.69) is 66.8 Å². The van der Waals surface area contributed by atoms with Crippen LogP contribution in [0.4, 0.5) is 0 Å². The Balaban J connectivity index is 3.22. The molecule has 0 atom stereocenters. The van der Waals surface area contributed by atoms with Crippen molar-refractivity contribution in [2.24, 2.45) is 0 Å². The number of aliphatic hydroxyl groups excluding tert-OH is 1. The monoisotopic (exact) mass is 934 g/mol. The molecule has 0 spiro atoms. The van der Waals surface area contributed by atoms with Crippen molar-refractivity contribution in [3.63, 3.8) is 0 Å². The van der Waals surface area contributed by atoms with Crippen LogP contribution < -0.4 is 0 Å². The smallest absolute Gasteiger partial charge is 0.0701 e. The number of nitrogens with zero attached hydrogens (tertiary/aromatic N) is 5. The summed E-state index contributed by atoms with van der Waals surface area (Å²) in [6.07, 6.45) is 0. The predicted molar refractivity (Wildman–Crippen MR) is 247 cm³/mol. The molecule has 20 nitrogen and oxygen atoms in total. The molecule has 386 valence electrons. The zero-order chi connectivity index (χ0) is 46.7. The van der Waals surface area contributed by atoms with E-state index in [1.54, 1.807) is 0 Å². The van der Waals surface area contributed by atoms with Gasteiger partial charge in [0.15, 0.2) is 0 Å². The average Bonchev–Trinajstić information content (AvgIpc) is 3.29. The lowest BCUT2D eigenvalue weighted by Crippen LogP contribution is -2.39. The molecule has 0 bridgehead atoms. The number of ether oxygens (including phenoxy) is 14. The van der Waals surface area contributed by atoms with Crippen LogP contribution in [0.3, 0.4) is 0 Å². The minimum Gasteiger partial charge on any atom is -0.394 e. The van der Waals surface area contributed by atoms with E-state index in [0.29, 0.717) is 185 Å². The Morgan fingerprint density at radius 3 is 0.547 bits per heavy atom. The highest BCUT2D eigenvalue weighted by atomic mass is 16.6. The van der Waals surface area contributed by atoms with Crippen LogP contribution in [0.1, 0.15) is 0 Å². The van der Waals surface area contributed by atoms with Crippen molar-refractivity contribution in [3.8, 4) is 0 Å². The number of hydrogen-bond donors (Lipinski definition) is 1. The first-order chi connectivity index (χ1) is 31.3. The Morgan fingerprint density at radius 1 is 0.203 bits per heavy atom. The van der Waals surface area contributed by atoms with E-state index < -0.39 is 0 Å². The van der Waals surface area contributed by atoms with Crippen LogP contribution in [0.5, 0.6) is 0 Å². The minimum atomic E-state index is 0.0227. The van der Waals surface area contributed by atoms with Crippen molar-refractivity contribution in [2.75, 3.05) is 293 Å². The molecule has 1 N–H and O–H groups in total. The molecule has 20 heteroatoms. The van der Waals surface area contributed by atoms with Crippen LogP contribution >= 0.6 is 0 Å². The zero-order valence-electron chi connectivity index (χ0n) is 41.3. The van der Waals surface area contributed by atoms with Gasteiger partial charge in [-0.3, -0.25) is 0 Å². The highest BCUT2D eigenvalue weighted by molar-refractivity contribution is 4.63. The van der Waals surface area contributed by atoms with Crippen molar-refractivity contribution in [1.29, 1.82) is 0 Å². The van der Waals surface area contributed by atoms with E-state index in [1.165, 1.54) is 0 Å². The topological polar surface area (TPSA) is 166 Å². The molecule has 0 aromatic rings. The van der Waals surface area contributed by atoms with Crippen molar-refractivity contribution in [2.45, 2.75) is 0 Å². The molecular formula is C44H95N5O15. The number of aliphatic hydroxyl groups is 1. The maximum atomic E-state index is 8.60. The molecule has 0 aliphatic carbocycles. The van der Waals surface area contributed by atoms with Crippen LogP contribution in [-0.4, -0.2) is 322 Å². The van der Waals surface area contributed by atoms with Gasteiger partial charge in [0.05, 0.1) is 192 Å². The molecule has 0 aliphatic heterocycles. The third-order valence-electron chi connectivity index (χ3n) is 9.21. The molecule has 0 fully saturated rings. The number of hydrogen-bond acceptors (Lipinski definition) is 20. The third kappa shape index (κ3) is 53.8. The fourth-order valence-corrected chi connectivity index (χ4v) is 5.09. The molecule has 0 saturated carbocycles. The van der Waals surface area contributed by atoms with E-state index in [9.17, 15) is 0 Å². The average molecular weight is 934 g/mol. The molecule has 0 aromatic heterocycles. The van der Waals surface area contributed by atoms with Crippen LogP contribution in [0.2, 0.25) is 0 Å². The summed E-state index contributed by atoms with van der Waals surface area (Å²) in [6, 6.07) is 0. The maximum absolute atomic E-state index is 8.60. The lowest BCUT2D eigenvalue weighted by molar-refractivity contribution is -0.0298. The predicted octanol–water partition coefficient (Wildman–Crippen LogP) is -0.500. The van der Waals surface area contributed by atoms with E-state index in [4.69, 9.17) is 71.4 Å². The summed E-state index contributed by atoms with van der Waals surface area (Å²) in [5.41, 5.74) is 0. The Kier molecular flexibility index (Phi) is 52.5. The molecule has 0 aliphatic rings. The van der Waals surface area contributed by atoms with Gasteiger partial charge in [0.25, 0.3) is 0 Å². The molecule has 0 amide bonds. The van der Waals surface area contributed by atoms with Gasteiger partial charge < -0.3 is 95.9 Å². The third-order valence-corrected chi connectivity index (χ3v) is 9.21. The van der Waals surface area contributed by atoms with E-state index in [-0.39, 0.29) is 6.61 Å². The fourth-order valence-electron chi connectivity index (χ4n) is 5.09. The lowest BCUT2D eigenvalue weighted by atomic mass is 10.4. The summed E-state index contributed by atoms with van der Waals surface area (Å²) in [4.78, 5) is 11.8. The minimum absolute atomic E-state index is 0.0227. The first-order valence-electron chi connectivity index (χ1n) is 23.4. The van der Waals surface area contributed by atoms with Gasteiger partial charge in [-0.15, -0.1) is 0 Å². The normalized spacial score (nSPS) is 12.2. The highest BCUT2D eigenvalue weighted by Gasteiger charge is 2.07. The van der Waals surface area contributed by atoms with Crippen molar-refractivity contribution in [1.82, 2.24) is 24.5 Å². The van der Waals surface area contributed by atoms with Gasteiger partial charge in [0, 0.05) is 58.9 Å². The van der Waals surface area contributed by atoms with Crippen molar-refractivity contribution < 1.29 is 71.4 Å². The van der Waals surface area contributed by atoms with Gasteiger partial charge in [0.2, 0.25) is 0 Å². The Bertz CT molecular complexity index is 884. The van der Waals surface area contributed by atoms with Crippen LogP contribution in [0, 0.1) is 0 Å². The summed E-state index contributed by atoms with van der Waals surface area (Å²) < 4.78 is 76.8. The maximum Gasteiger partial charge on any atom is 0.0701 e. The van der Waals surface area contributed by atoms with Crippen molar-refractivity contribution in [3.05, 3.63) is 0 Å². The molecule has 64 heavy (non-hydrogen) atoms. The molecular weight excluding hydrogens is 839 g/mol. The Morgan fingerprint density at radius 2 is 0.359 bits per heavy atom. The highest BCUT2D eigenvalue weighted by Crippen LogP contribution is 1.93. The molecule has 0 rings (SSSR count). The van der Waals surface area contributed by atoms with Gasteiger partial charge in [-0.2, -0.15) is 0 Å². The molecule has 0 heterocycles. The summed E-state index contributed by atoms with van der Waals surface area (Å²) in [5, 5.41) is 8.60. The van der Waals surface area contributed by atoms with Gasteiger partial charge in [0.1, 0.15) is 0 Å². The van der Waals surface area contributed by atoms with Crippen molar-refractivity contribution >= 4 is 0 Å². The zero-order valence-corrected chi connectivity index (χ0v) is 41.3. The van der Waals surface area contributed by atoms with Gasteiger partial charge in [-0.05, 0) is 42.3 Å². The molecule has 0 unspecified atom stereocenters. The second kappa shape index (κ2) is 53.2. The summed E-state index contributed by atoms with van der Waals surface area (Å²) >= 11 is 0. The molecule has 0 saturated heterocycles. The lowest BCUT2D eigenvalue weighted by Gasteiger charge is -2.26. The van der Waals surface area contributed by atoms with Crippen LogP contribution in [-0.2, 0) is 66.3 Å². The van der Waals surface area contributed by atoms with E-state index in [0.717, 1.165) is 58.9 Å². The second-order valence-corrected chi connectivity index (χ2v) is 15.3. The standard InChI is InChI=1S/C44H95N5O15/c1-45(2)7-8-46(3)9-10-47(4)11-12-48(5)13-14-49(6)15-17-51-19-21-53-23-25-55-27-29-57-31-33-59-35-37-61-39-41-63-43-44-64-42-40-62-38-36-60-34-32-58-30-28-56-26-24-54-22-20-52-18-16-50/h50H,7-44H2,1-6H3. The summed E-state index contributed by atoms with van der Waals surface area (Å²) in [5.74, 6) is 0. The Labute approximate surface area is 388 Å². The van der Waals surface area contributed by atoms with Gasteiger partial charge in [-0.25, -0.2) is 0 Å². The number of rotatable bonds is 56. The fraction of sp³-hybridized carbons (Fsp3) is 1.00. The van der Waals surface area contributed by atoms with E-state index in [1.807, 2.05) is 0 Å². The summed E-state index contributed by atoms with van der Waals surface area (Å²) in [7, 11) is 13.0. The molecule has 0 radical (unpaired) electrons. The summed E-state index contributed by atoms with van der Waals surface area (Å²) in [6.45, 7) is 23.8. The van der Waals surface area contributed by atoms with Crippen LogP contribution in [0.25, 0.3) is 0 Å². The quantitative estimate of drug-likeness (QED) is 0.0776. The van der Waals surface area contributed by atoms with Gasteiger partial charge >= 0.3 is 0 Å². The second-order valence-electron chi connectivity index (χ2n) is 15.3. The Hall–Kier alpha value is -0.800. The first kappa shape index (κ1) is 63.2. The van der Waals surface area contributed by atoms with Crippen LogP contribution in [0.15, 0.2) is 0 Å². The van der Waals surface area contributed by atoms with E-state index >= 15 is 0 Å².